The number of anilines is 3. The van der Waals surface area contributed by atoms with E-state index in [4.69, 9.17) is 5.73 Å². The van der Waals surface area contributed by atoms with Crippen LogP contribution in [-0.4, -0.2) is 6.03 Å². The van der Waals surface area contributed by atoms with Gasteiger partial charge in [0.15, 0.2) is 0 Å². The molecule has 0 fully saturated rings. The summed E-state index contributed by atoms with van der Waals surface area (Å²) in [6.07, 6.45) is 0. The normalized spacial score (nSPS) is 10.2. The first-order chi connectivity index (χ1) is 9.45. The molecular weight excluding hydrogens is 332 g/mol. The van der Waals surface area contributed by atoms with E-state index in [9.17, 15) is 13.6 Å². The van der Waals surface area contributed by atoms with E-state index in [1.165, 1.54) is 0 Å². The molecule has 4 nitrogen and oxygen atoms in total. The first-order valence-corrected chi connectivity index (χ1v) is 6.33. The van der Waals surface area contributed by atoms with Gasteiger partial charge in [0.1, 0.15) is 11.6 Å². The van der Waals surface area contributed by atoms with Crippen molar-refractivity contribution in [2.24, 2.45) is 0 Å². The average molecular weight is 342 g/mol. The molecule has 0 spiro atoms. The smallest absolute Gasteiger partial charge is 0.323 e. The monoisotopic (exact) mass is 341 g/mol. The number of amides is 2. The van der Waals surface area contributed by atoms with E-state index >= 15 is 0 Å². The quantitative estimate of drug-likeness (QED) is 0.571. The van der Waals surface area contributed by atoms with Crippen molar-refractivity contribution in [3.63, 3.8) is 0 Å². The zero-order valence-electron chi connectivity index (χ0n) is 10.1. The van der Waals surface area contributed by atoms with Crippen molar-refractivity contribution in [3.8, 4) is 0 Å². The molecule has 0 aliphatic carbocycles. The van der Waals surface area contributed by atoms with Crippen molar-refractivity contribution in [3.05, 3.63) is 52.5 Å². The molecule has 0 radical (unpaired) electrons. The Morgan fingerprint density at radius 3 is 2.35 bits per heavy atom. The third-order valence-corrected chi connectivity index (χ3v) is 3.03. The zero-order valence-corrected chi connectivity index (χ0v) is 11.7. The Labute approximate surface area is 122 Å². The molecular formula is C13H10BrF2N3O. The molecule has 2 amide bonds. The topological polar surface area (TPSA) is 67.1 Å². The summed E-state index contributed by atoms with van der Waals surface area (Å²) in [5.74, 6) is -1.42. The van der Waals surface area contributed by atoms with Crippen LogP contribution in [0.25, 0.3) is 0 Å². The summed E-state index contributed by atoms with van der Waals surface area (Å²) in [5, 5.41) is 4.70. The number of carbonyl (C=O) groups is 1. The predicted octanol–water partition coefficient (Wildman–Crippen LogP) is 3.95. The van der Waals surface area contributed by atoms with Crippen LogP contribution in [0.15, 0.2) is 40.9 Å². The summed E-state index contributed by atoms with van der Waals surface area (Å²) < 4.78 is 26.8. The lowest BCUT2D eigenvalue weighted by Crippen LogP contribution is -2.20. The molecule has 20 heavy (non-hydrogen) atoms. The number of hydrogen-bond donors (Lipinski definition) is 3. The summed E-state index contributed by atoms with van der Waals surface area (Å²) in [6, 6.07) is 7.54. The second-order valence-electron chi connectivity index (χ2n) is 3.95. The minimum Gasteiger partial charge on any atom is -0.399 e. The molecule has 4 N–H and O–H groups in total. The minimum absolute atomic E-state index is 0.0144. The number of rotatable bonds is 2. The number of nitrogens with one attached hydrogen (secondary N) is 2. The van der Waals surface area contributed by atoms with Crippen LogP contribution < -0.4 is 16.4 Å². The lowest BCUT2D eigenvalue weighted by atomic mass is 10.3. The molecule has 0 aromatic heterocycles. The summed E-state index contributed by atoms with van der Waals surface area (Å²) >= 11 is 2.85. The molecule has 0 aliphatic heterocycles. The van der Waals surface area contributed by atoms with Gasteiger partial charge in [-0.15, -0.1) is 0 Å². The maximum absolute atomic E-state index is 13.5. The maximum Gasteiger partial charge on any atom is 0.323 e. The minimum atomic E-state index is -0.745. The number of carbonyl (C=O) groups excluding carboxylic acids is 1. The van der Waals surface area contributed by atoms with Crippen LogP contribution >= 0.6 is 15.9 Å². The predicted molar refractivity (Wildman–Crippen MR) is 77.6 cm³/mol. The van der Waals surface area contributed by atoms with Gasteiger partial charge in [-0.3, -0.25) is 0 Å². The largest absolute Gasteiger partial charge is 0.399 e. The molecule has 104 valence electrons. The van der Waals surface area contributed by atoms with Crippen molar-refractivity contribution in [2.75, 3.05) is 16.4 Å². The van der Waals surface area contributed by atoms with Crippen LogP contribution in [0.1, 0.15) is 0 Å². The van der Waals surface area contributed by atoms with Crippen LogP contribution in [-0.2, 0) is 0 Å². The van der Waals surface area contributed by atoms with E-state index in [-0.39, 0.29) is 10.2 Å². The van der Waals surface area contributed by atoms with Crippen LogP contribution in [0.2, 0.25) is 0 Å². The van der Waals surface area contributed by atoms with Gasteiger partial charge in [-0.2, -0.15) is 0 Å². The molecule has 2 aromatic rings. The number of halogens is 3. The number of urea groups is 1. The van der Waals surface area contributed by atoms with Crippen LogP contribution in [0.3, 0.4) is 0 Å². The highest BCUT2D eigenvalue weighted by Gasteiger charge is 2.11. The van der Waals surface area contributed by atoms with E-state index in [1.807, 2.05) is 0 Å². The van der Waals surface area contributed by atoms with Gasteiger partial charge < -0.3 is 16.4 Å². The lowest BCUT2D eigenvalue weighted by molar-refractivity contribution is 0.262. The molecule has 0 aliphatic rings. The second kappa shape index (κ2) is 5.87. The lowest BCUT2D eigenvalue weighted by Gasteiger charge is -2.09. The Hall–Kier alpha value is -2.15. The zero-order chi connectivity index (χ0) is 14.7. The molecule has 7 heteroatoms. The van der Waals surface area contributed by atoms with Gasteiger partial charge in [0, 0.05) is 17.4 Å². The standard InChI is InChI=1S/C13H10BrF2N3O/c14-9-5-11(16)12(6-10(9)15)19-13(20)18-8-3-1-7(17)2-4-8/h1-6H,17H2,(H2,18,19,20). The first-order valence-electron chi connectivity index (χ1n) is 5.54. The molecule has 2 aromatic carbocycles. The summed E-state index contributed by atoms with van der Waals surface area (Å²) in [5.41, 5.74) is 6.29. The Morgan fingerprint density at radius 1 is 1.05 bits per heavy atom. The van der Waals surface area contributed by atoms with E-state index in [2.05, 4.69) is 26.6 Å². The van der Waals surface area contributed by atoms with E-state index in [1.54, 1.807) is 24.3 Å². The highest BCUT2D eigenvalue weighted by atomic mass is 79.9. The van der Waals surface area contributed by atoms with Crippen LogP contribution in [0.5, 0.6) is 0 Å². The van der Waals surface area contributed by atoms with Crippen molar-refractivity contribution in [2.45, 2.75) is 0 Å². The summed E-state index contributed by atoms with van der Waals surface area (Å²) in [7, 11) is 0. The Kier molecular flexibility index (Phi) is 4.19. The van der Waals surface area contributed by atoms with Gasteiger partial charge >= 0.3 is 6.03 Å². The molecule has 0 bridgehead atoms. The van der Waals surface area contributed by atoms with E-state index < -0.39 is 17.7 Å². The fraction of sp³-hybridized carbons (Fsp3) is 0. The average Bonchev–Trinajstić information content (AvgIpc) is 2.39. The van der Waals surface area contributed by atoms with Gasteiger partial charge in [-0.25, -0.2) is 13.6 Å². The Morgan fingerprint density at radius 2 is 1.70 bits per heavy atom. The Balaban J connectivity index is 2.08. The number of benzene rings is 2. The fourth-order valence-corrected chi connectivity index (χ4v) is 1.78. The van der Waals surface area contributed by atoms with Crippen molar-refractivity contribution in [1.29, 1.82) is 0 Å². The molecule has 0 saturated heterocycles. The molecule has 0 unspecified atom stereocenters. The Bertz CT molecular complexity index is 647. The van der Waals surface area contributed by atoms with Crippen LogP contribution in [0, 0.1) is 11.6 Å². The van der Waals surface area contributed by atoms with E-state index in [0.29, 0.717) is 11.4 Å². The first kappa shape index (κ1) is 14.3. The van der Waals surface area contributed by atoms with Gasteiger partial charge in [0.2, 0.25) is 0 Å². The molecule has 0 heterocycles. The summed E-state index contributed by atoms with van der Waals surface area (Å²) in [6.45, 7) is 0. The number of nitrogens with two attached hydrogens (primary N) is 1. The van der Waals surface area contributed by atoms with Crippen molar-refractivity contribution >= 4 is 39.0 Å². The molecule has 2 rings (SSSR count). The maximum atomic E-state index is 13.5. The highest BCUT2D eigenvalue weighted by molar-refractivity contribution is 9.10. The number of hydrogen-bond acceptors (Lipinski definition) is 2. The second-order valence-corrected chi connectivity index (χ2v) is 4.80. The third kappa shape index (κ3) is 3.45. The van der Waals surface area contributed by atoms with Gasteiger partial charge in [0.25, 0.3) is 0 Å². The van der Waals surface area contributed by atoms with Gasteiger partial charge in [-0.1, -0.05) is 0 Å². The van der Waals surface area contributed by atoms with Gasteiger partial charge in [-0.05, 0) is 46.3 Å². The van der Waals surface area contributed by atoms with E-state index in [0.717, 1.165) is 12.1 Å². The van der Waals surface area contributed by atoms with Gasteiger partial charge in [0.05, 0.1) is 10.2 Å². The van der Waals surface area contributed by atoms with Crippen molar-refractivity contribution < 1.29 is 13.6 Å². The van der Waals surface area contributed by atoms with Crippen molar-refractivity contribution in [1.82, 2.24) is 0 Å². The molecule has 0 saturated carbocycles. The number of nitrogen functional groups attached to an aromatic ring is 1. The fourth-order valence-electron chi connectivity index (χ4n) is 1.47. The highest BCUT2D eigenvalue weighted by Crippen LogP contribution is 2.23. The summed E-state index contributed by atoms with van der Waals surface area (Å²) in [4.78, 5) is 11.7. The third-order valence-electron chi connectivity index (χ3n) is 2.43. The van der Waals surface area contributed by atoms with Crippen LogP contribution in [0.4, 0.5) is 30.6 Å². The SMILES string of the molecule is Nc1ccc(NC(=O)Nc2cc(F)c(Br)cc2F)cc1. The molecule has 0 atom stereocenters.